The van der Waals surface area contributed by atoms with Gasteiger partial charge in [-0.2, -0.15) is 0 Å². The van der Waals surface area contributed by atoms with E-state index in [1.807, 2.05) is 6.79 Å². The average molecular weight is 569 g/mol. The summed E-state index contributed by atoms with van der Waals surface area (Å²) < 4.78 is 14.5. The second-order valence-electron chi connectivity index (χ2n) is 9.31. The molecule has 0 aliphatic rings. The maximum atomic E-state index is 11.1. The van der Waals surface area contributed by atoms with Crippen LogP contribution < -0.4 is 0 Å². The van der Waals surface area contributed by atoms with Crippen molar-refractivity contribution in [3.8, 4) is 0 Å². The van der Waals surface area contributed by atoms with Crippen molar-refractivity contribution in [2.24, 2.45) is 5.92 Å². The zero-order valence-electron chi connectivity index (χ0n) is 26.4. The third-order valence-electron chi connectivity index (χ3n) is 5.70. The lowest BCUT2D eigenvalue weighted by atomic mass is 10.0. The van der Waals surface area contributed by atoms with E-state index in [1.54, 1.807) is 13.8 Å². The van der Waals surface area contributed by atoms with Crippen LogP contribution in [0, 0.1) is 5.92 Å². The molecule has 234 valence electrons. The predicted molar refractivity (Wildman–Crippen MR) is 166 cm³/mol. The topological polar surface area (TPSA) is 96.0 Å². The van der Waals surface area contributed by atoms with Crippen molar-refractivity contribution in [3.05, 3.63) is 37.5 Å². The number of carbonyl (C=O) groups is 4. The van der Waals surface area contributed by atoms with Gasteiger partial charge in [-0.25, -0.2) is 14.4 Å². The van der Waals surface area contributed by atoms with E-state index in [0.29, 0.717) is 31.3 Å². The Bertz CT molecular complexity index is 628. The minimum absolute atomic E-state index is 0.264. The molecular weight excluding hydrogens is 508 g/mol. The Morgan fingerprint density at radius 1 is 0.675 bits per heavy atom. The largest absolute Gasteiger partial charge is 0.463 e. The molecule has 40 heavy (non-hydrogen) atoms. The summed E-state index contributed by atoms with van der Waals surface area (Å²) in [5.74, 6) is -0.415. The van der Waals surface area contributed by atoms with Gasteiger partial charge in [0.1, 0.15) is 6.79 Å². The normalized spacial score (nSPS) is 10.0. The molecule has 0 radical (unpaired) electrons. The van der Waals surface area contributed by atoms with Crippen LogP contribution in [0.5, 0.6) is 0 Å². The van der Waals surface area contributed by atoms with Crippen LogP contribution in [0.4, 0.5) is 0 Å². The number of rotatable bonds is 21. The lowest BCUT2D eigenvalue weighted by molar-refractivity contribution is -0.140. The molecule has 0 spiro atoms. The number of hydrogen-bond acceptors (Lipinski definition) is 7. The lowest BCUT2D eigenvalue weighted by Gasteiger charge is -2.14. The van der Waals surface area contributed by atoms with Crippen molar-refractivity contribution in [2.75, 3.05) is 19.8 Å². The monoisotopic (exact) mass is 568 g/mol. The van der Waals surface area contributed by atoms with Crippen LogP contribution in [0.25, 0.3) is 0 Å². The molecule has 0 aliphatic heterocycles. The summed E-state index contributed by atoms with van der Waals surface area (Å²) in [4.78, 5) is 39.9. The standard InChI is InChI=1S/C15H28O2.C12H22O2.C5H8O2.CH2O/c1-3-5-6-7-8-9-10-11-12-13-14-17-15(16)4-2;1-5-7-8-11(6-2)9-14-12(13)10(3)4;1-3-5(6)7-4-2;1-2/h4H,2-3,5-14H2,1H3;11H,3,5-9H2,1-2,4H3;3H,1,4H2,2H3;1H2. The van der Waals surface area contributed by atoms with Crippen LogP contribution in [0.1, 0.15) is 125 Å². The molecule has 0 heterocycles. The van der Waals surface area contributed by atoms with Gasteiger partial charge in [0.25, 0.3) is 0 Å². The smallest absolute Gasteiger partial charge is 0.333 e. The number of ether oxygens (including phenoxy) is 3. The number of carbonyl (C=O) groups excluding carboxylic acids is 4. The highest BCUT2D eigenvalue weighted by Crippen LogP contribution is 2.13. The van der Waals surface area contributed by atoms with Crippen molar-refractivity contribution >= 4 is 24.7 Å². The molecule has 0 rings (SSSR count). The molecule has 0 amide bonds. The summed E-state index contributed by atoms with van der Waals surface area (Å²) in [6, 6.07) is 0. The van der Waals surface area contributed by atoms with Gasteiger partial charge in [0.15, 0.2) is 0 Å². The second kappa shape index (κ2) is 38.4. The SMILES string of the molecule is C=C(C)C(=O)OCC(CC)CCCC.C=CC(=O)OCC.C=CC(=O)OCCCCCCCCCCCC.C=O. The van der Waals surface area contributed by atoms with Crippen molar-refractivity contribution < 1.29 is 33.4 Å². The maximum Gasteiger partial charge on any atom is 0.333 e. The summed E-state index contributed by atoms with van der Waals surface area (Å²) in [5, 5.41) is 0. The van der Waals surface area contributed by atoms with E-state index >= 15 is 0 Å². The Labute approximate surface area is 245 Å². The molecule has 7 heteroatoms. The third-order valence-corrected chi connectivity index (χ3v) is 5.70. The van der Waals surface area contributed by atoms with Gasteiger partial charge in [-0.1, -0.05) is 118 Å². The zero-order chi connectivity index (χ0) is 31.4. The number of esters is 3. The summed E-state index contributed by atoms with van der Waals surface area (Å²) in [7, 11) is 0. The van der Waals surface area contributed by atoms with E-state index in [2.05, 4.69) is 45.2 Å². The van der Waals surface area contributed by atoms with Gasteiger partial charge in [-0.3, -0.25) is 0 Å². The summed E-state index contributed by atoms with van der Waals surface area (Å²) in [6.45, 7) is 23.6. The minimum atomic E-state index is -0.359. The first-order valence-corrected chi connectivity index (χ1v) is 14.9. The van der Waals surface area contributed by atoms with Crippen LogP contribution in [0.15, 0.2) is 37.5 Å². The van der Waals surface area contributed by atoms with Crippen molar-refractivity contribution in [2.45, 2.75) is 125 Å². The minimum Gasteiger partial charge on any atom is -0.463 e. The van der Waals surface area contributed by atoms with Crippen LogP contribution in [-0.2, 0) is 33.4 Å². The highest BCUT2D eigenvalue weighted by molar-refractivity contribution is 5.86. The average Bonchev–Trinajstić information content (AvgIpc) is 2.97. The molecule has 1 atom stereocenters. The Balaban J connectivity index is -0.000000253. The van der Waals surface area contributed by atoms with E-state index in [9.17, 15) is 14.4 Å². The molecule has 0 aromatic rings. The highest BCUT2D eigenvalue weighted by Gasteiger charge is 2.09. The fourth-order valence-electron chi connectivity index (χ4n) is 3.24. The van der Waals surface area contributed by atoms with Gasteiger partial charge in [0.05, 0.1) is 19.8 Å². The van der Waals surface area contributed by atoms with Gasteiger partial charge in [-0.15, -0.1) is 0 Å². The zero-order valence-corrected chi connectivity index (χ0v) is 26.4. The van der Waals surface area contributed by atoms with Gasteiger partial charge in [0, 0.05) is 17.7 Å². The molecule has 0 fully saturated rings. The fourth-order valence-corrected chi connectivity index (χ4v) is 3.24. The van der Waals surface area contributed by atoms with Gasteiger partial charge in [0.2, 0.25) is 0 Å². The lowest BCUT2D eigenvalue weighted by Crippen LogP contribution is -2.14. The first kappa shape index (κ1) is 44.3. The van der Waals surface area contributed by atoms with E-state index in [0.717, 1.165) is 25.3 Å². The highest BCUT2D eigenvalue weighted by atomic mass is 16.5. The molecule has 0 aromatic carbocycles. The Morgan fingerprint density at radius 3 is 1.50 bits per heavy atom. The summed E-state index contributed by atoms with van der Waals surface area (Å²) >= 11 is 0. The maximum absolute atomic E-state index is 11.1. The fraction of sp³-hybridized carbons (Fsp3) is 0.697. The Kier molecular flexibility index (Phi) is 42.6. The van der Waals surface area contributed by atoms with E-state index < -0.39 is 0 Å². The summed E-state index contributed by atoms with van der Waals surface area (Å²) in [6.07, 6.45) is 20.0. The Hall–Kier alpha value is -2.70. The van der Waals surface area contributed by atoms with Crippen LogP contribution >= 0.6 is 0 Å². The van der Waals surface area contributed by atoms with Crippen molar-refractivity contribution in [3.63, 3.8) is 0 Å². The van der Waals surface area contributed by atoms with E-state index in [-0.39, 0.29) is 17.9 Å². The van der Waals surface area contributed by atoms with Crippen LogP contribution in [-0.4, -0.2) is 44.5 Å². The molecule has 0 aromatic heterocycles. The quantitative estimate of drug-likeness (QED) is 0.0592. The van der Waals surface area contributed by atoms with Gasteiger partial charge >= 0.3 is 17.9 Å². The van der Waals surface area contributed by atoms with Crippen molar-refractivity contribution in [1.82, 2.24) is 0 Å². The molecule has 0 bridgehead atoms. The summed E-state index contributed by atoms with van der Waals surface area (Å²) in [5.41, 5.74) is 0.482. The first-order chi connectivity index (χ1) is 19.2. The second-order valence-corrected chi connectivity index (χ2v) is 9.31. The molecule has 0 aliphatic carbocycles. The molecule has 1 unspecified atom stereocenters. The first-order valence-electron chi connectivity index (χ1n) is 14.9. The van der Waals surface area contributed by atoms with Gasteiger partial charge in [-0.05, 0) is 32.6 Å². The predicted octanol–water partition coefficient (Wildman–Crippen LogP) is 8.51. The third kappa shape index (κ3) is 39.8. The van der Waals surface area contributed by atoms with Crippen molar-refractivity contribution in [1.29, 1.82) is 0 Å². The van der Waals surface area contributed by atoms with Crippen LogP contribution in [0.3, 0.4) is 0 Å². The number of hydrogen-bond donors (Lipinski definition) is 0. The molecular formula is C33H60O7. The van der Waals surface area contributed by atoms with Crippen LogP contribution in [0.2, 0.25) is 0 Å². The Morgan fingerprint density at radius 2 is 1.12 bits per heavy atom. The van der Waals surface area contributed by atoms with E-state index in [1.165, 1.54) is 76.7 Å². The van der Waals surface area contributed by atoms with E-state index in [4.69, 9.17) is 14.3 Å². The molecule has 0 saturated carbocycles. The van der Waals surface area contributed by atoms with Gasteiger partial charge < -0.3 is 19.0 Å². The molecule has 0 N–H and O–H groups in total. The number of unbranched alkanes of at least 4 members (excludes halogenated alkanes) is 10. The molecule has 7 nitrogen and oxygen atoms in total. The molecule has 0 saturated heterocycles.